The Balaban J connectivity index is 2.07. The molecule has 2 N–H and O–H groups in total. The second-order valence-corrected chi connectivity index (χ2v) is 10.4. The summed E-state index contributed by atoms with van der Waals surface area (Å²) in [6.45, 7) is 2.04. The van der Waals surface area contributed by atoms with Gasteiger partial charge in [0.2, 0.25) is 0 Å². The molecule has 1 saturated heterocycles. The molecule has 2 heterocycles. The predicted molar refractivity (Wildman–Crippen MR) is 121 cm³/mol. The number of carbonyl (C=O) groups excluding carboxylic acids is 1. The van der Waals surface area contributed by atoms with Crippen LogP contribution in [0.1, 0.15) is 27.9 Å². The van der Waals surface area contributed by atoms with Gasteiger partial charge >= 0.3 is 6.18 Å². The Morgan fingerprint density at radius 3 is 2.34 bits per heavy atom. The SMILES string of the molecule is Cc1c(C(N)=O)c(-c2ccc(S(C)(=O)=O)c(F)c2)n(CC2CCO2)c1-c1ccccc1C(F)(F)F. The number of primary amides is 1. The molecule has 1 aliphatic rings. The van der Waals surface area contributed by atoms with Gasteiger partial charge in [0.15, 0.2) is 9.84 Å². The van der Waals surface area contributed by atoms with Crippen LogP contribution in [0.2, 0.25) is 0 Å². The molecule has 0 radical (unpaired) electrons. The molecule has 0 spiro atoms. The number of hydrogen-bond donors (Lipinski definition) is 1. The summed E-state index contributed by atoms with van der Waals surface area (Å²) in [6, 6.07) is 8.25. The number of amides is 1. The molecule has 1 unspecified atom stereocenters. The van der Waals surface area contributed by atoms with E-state index in [2.05, 4.69) is 0 Å². The number of rotatable bonds is 6. The van der Waals surface area contributed by atoms with Gasteiger partial charge < -0.3 is 15.0 Å². The standard InChI is InChI=1S/C24H22F4N2O4S/c1-13-20(23(29)31)22(14-7-8-19(18(25)11-14)35(2,32)33)30(12-15-9-10-34-15)21(13)16-5-3-4-6-17(16)24(26,27)28/h3-8,11,15H,9-10,12H2,1-2H3,(H2,29,31). The molecule has 2 aromatic carbocycles. The van der Waals surface area contributed by atoms with E-state index in [0.717, 1.165) is 24.5 Å². The maximum atomic E-state index is 14.8. The van der Waals surface area contributed by atoms with E-state index in [-0.39, 0.29) is 46.3 Å². The highest BCUT2D eigenvalue weighted by Gasteiger charge is 2.37. The van der Waals surface area contributed by atoms with Gasteiger partial charge in [0, 0.05) is 30.5 Å². The van der Waals surface area contributed by atoms with Gasteiger partial charge in [-0.2, -0.15) is 13.2 Å². The van der Waals surface area contributed by atoms with Crippen LogP contribution in [0.5, 0.6) is 0 Å². The Bertz CT molecular complexity index is 1420. The molecule has 11 heteroatoms. The molecular weight excluding hydrogens is 488 g/mol. The lowest BCUT2D eigenvalue weighted by Crippen LogP contribution is -2.32. The molecule has 1 amide bonds. The second-order valence-electron chi connectivity index (χ2n) is 8.41. The van der Waals surface area contributed by atoms with Crippen molar-refractivity contribution in [3.63, 3.8) is 0 Å². The first-order valence-corrected chi connectivity index (χ1v) is 12.5. The Labute approximate surface area is 199 Å². The average Bonchev–Trinajstić information content (AvgIpc) is 3.01. The Morgan fingerprint density at radius 2 is 1.83 bits per heavy atom. The van der Waals surface area contributed by atoms with Crippen LogP contribution in [0.3, 0.4) is 0 Å². The first kappa shape index (κ1) is 24.9. The number of hydrogen-bond acceptors (Lipinski definition) is 4. The maximum absolute atomic E-state index is 14.8. The number of nitrogens with two attached hydrogens (primary N) is 1. The molecule has 4 rings (SSSR count). The topological polar surface area (TPSA) is 91.4 Å². The summed E-state index contributed by atoms with van der Waals surface area (Å²) in [5.74, 6) is -1.97. The molecule has 6 nitrogen and oxygen atoms in total. The van der Waals surface area contributed by atoms with E-state index in [1.807, 2.05) is 0 Å². The third-order valence-electron chi connectivity index (χ3n) is 6.03. The zero-order valence-electron chi connectivity index (χ0n) is 18.8. The molecule has 0 bridgehead atoms. The van der Waals surface area contributed by atoms with Gasteiger partial charge in [0.05, 0.1) is 28.6 Å². The number of carbonyl (C=O) groups is 1. The number of nitrogens with zero attached hydrogens (tertiary/aromatic N) is 1. The summed E-state index contributed by atoms with van der Waals surface area (Å²) in [7, 11) is -3.87. The summed E-state index contributed by atoms with van der Waals surface area (Å²) < 4.78 is 87.2. The molecule has 1 atom stereocenters. The molecule has 186 valence electrons. The van der Waals surface area contributed by atoms with E-state index in [0.29, 0.717) is 13.0 Å². The molecule has 1 fully saturated rings. The monoisotopic (exact) mass is 510 g/mol. The van der Waals surface area contributed by atoms with E-state index >= 15 is 0 Å². The minimum atomic E-state index is -4.68. The van der Waals surface area contributed by atoms with Crippen molar-refractivity contribution in [3.8, 4) is 22.5 Å². The molecular formula is C24H22F4N2O4S. The minimum absolute atomic E-state index is 0.0807. The third-order valence-corrected chi connectivity index (χ3v) is 7.16. The van der Waals surface area contributed by atoms with Crippen molar-refractivity contribution in [3.05, 3.63) is 65.0 Å². The van der Waals surface area contributed by atoms with Gasteiger partial charge in [-0.25, -0.2) is 12.8 Å². The van der Waals surface area contributed by atoms with Crippen molar-refractivity contribution in [2.45, 2.75) is 37.1 Å². The zero-order chi connectivity index (χ0) is 25.7. The van der Waals surface area contributed by atoms with Crippen LogP contribution in [0.15, 0.2) is 47.4 Å². The fourth-order valence-electron chi connectivity index (χ4n) is 4.39. The van der Waals surface area contributed by atoms with E-state index in [1.165, 1.54) is 35.8 Å². The van der Waals surface area contributed by atoms with Crippen molar-refractivity contribution in [1.82, 2.24) is 4.57 Å². The smallest absolute Gasteiger partial charge is 0.376 e. The first-order valence-electron chi connectivity index (χ1n) is 10.6. The van der Waals surface area contributed by atoms with E-state index < -0.39 is 38.2 Å². The van der Waals surface area contributed by atoms with Gasteiger partial charge in [-0.05, 0) is 37.1 Å². The van der Waals surface area contributed by atoms with Crippen molar-refractivity contribution in [1.29, 1.82) is 0 Å². The van der Waals surface area contributed by atoms with Crippen LogP contribution in [-0.2, 0) is 27.3 Å². The van der Waals surface area contributed by atoms with Crippen LogP contribution in [0.25, 0.3) is 22.5 Å². The summed E-state index contributed by atoms with van der Waals surface area (Å²) in [5.41, 5.74) is 4.99. The maximum Gasteiger partial charge on any atom is 0.417 e. The highest BCUT2D eigenvalue weighted by atomic mass is 32.2. The lowest BCUT2D eigenvalue weighted by atomic mass is 9.99. The molecule has 3 aromatic rings. The second kappa shape index (κ2) is 8.80. The van der Waals surface area contributed by atoms with Crippen LogP contribution in [0.4, 0.5) is 17.6 Å². The zero-order valence-corrected chi connectivity index (χ0v) is 19.6. The number of aromatic nitrogens is 1. The highest BCUT2D eigenvalue weighted by Crippen LogP contribution is 2.43. The number of halogens is 4. The summed E-state index contributed by atoms with van der Waals surface area (Å²) >= 11 is 0. The number of sulfone groups is 1. The predicted octanol–water partition coefficient (Wildman–Crippen LogP) is 4.58. The molecule has 35 heavy (non-hydrogen) atoms. The fourth-order valence-corrected chi connectivity index (χ4v) is 5.12. The Hall–Kier alpha value is -3.18. The molecule has 0 saturated carbocycles. The molecule has 0 aliphatic carbocycles. The van der Waals surface area contributed by atoms with Crippen molar-refractivity contribution in [2.75, 3.05) is 12.9 Å². The third kappa shape index (κ3) is 4.57. The normalized spacial score (nSPS) is 16.2. The highest BCUT2D eigenvalue weighted by molar-refractivity contribution is 7.90. The molecule has 1 aromatic heterocycles. The number of ether oxygens (including phenoxy) is 1. The van der Waals surface area contributed by atoms with Crippen molar-refractivity contribution in [2.24, 2.45) is 5.73 Å². The van der Waals surface area contributed by atoms with E-state index in [9.17, 15) is 30.8 Å². The summed E-state index contributed by atoms with van der Waals surface area (Å²) in [6.07, 6.45) is -3.52. The summed E-state index contributed by atoms with van der Waals surface area (Å²) in [5, 5.41) is 0. The largest absolute Gasteiger partial charge is 0.417 e. The quantitative estimate of drug-likeness (QED) is 0.492. The molecule has 1 aliphatic heterocycles. The first-order chi connectivity index (χ1) is 16.3. The Kier molecular flexibility index (Phi) is 6.26. The van der Waals surface area contributed by atoms with Crippen LogP contribution in [0, 0.1) is 12.7 Å². The van der Waals surface area contributed by atoms with Gasteiger partial charge in [0.1, 0.15) is 10.7 Å². The van der Waals surface area contributed by atoms with Crippen molar-refractivity contribution < 1.29 is 35.5 Å². The lowest BCUT2D eigenvalue weighted by molar-refractivity contribution is -0.137. The van der Waals surface area contributed by atoms with Crippen LogP contribution < -0.4 is 5.73 Å². The lowest BCUT2D eigenvalue weighted by Gasteiger charge is -2.29. The van der Waals surface area contributed by atoms with Crippen LogP contribution >= 0.6 is 0 Å². The number of alkyl halides is 3. The fraction of sp³-hybridized carbons (Fsp3) is 0.292. The van der Waals surface area contributed by atoms with Gasteiger partial charge in [0.25, 0.3) is 5.91 Å². The van der Waals surface area contributed by atoms with E-state index in [1.54, 1.807) is 0 Å². The number of benzene rings is 2. The van der Waals surface area contributed by atoms with E-state index in [4.69, 9.17) is 10.5 Å². The minimum Gasteiger partial charge on any atom is -0.376 e. The van der Waals surface area contributed by atoms with Crippen molar-refractivity contribution >= 4 is 15.7 Å². The summed E-state index contributed by atoms with van der Waals surface area (Å²) in [4.78, 5) is 12.0. The van der Waals surface area contributed by atoms with Crippen LogP contribution in [-0.4, -0.2) is 37.9 Å². The Morgan fingerprint density at radius 1 is 1.17 bits per heavy atom. The van der Waals surface area contributed by atoms with Gasteiger partial charge in [-0.3, -0.25) is 4.79 Å². The average molecular weight is 511 g/mol. The van der Waals surface area contributed by atoms with Gasteiger partial charge in [-0.15, -0.1) is 0 Å². The van der Waals surface area contributed by atoms with Gasteiger partial charge in [-0.1, -0.05) is 24.3 Å².